The van der Waals surface area contributed by atoms with Gasteiger partial charge in [0.2, 0.25) is 0 Å². The van der Waals surface area contributed by atoms with Crippen molar-refractivity contribution < 1.29 is 4.39 Å². The van der Waals surface area contributed by atoms with Crippen molar-refractivity contribution in [1.29, 1.82) is 0 Å². The van der Waals surface area contributed by atoms with Gasteiger partial charge in [-0.2, -0.15) is 0 Å². The number of aromatic nitrogens is 1. The molecule has 70 valence electrons. The topological polar surface area (TPSA) is 38.9 Å². The summed E-state index contributed by atoms with van der Waals surface area (Å²) in [5, 5.41) is 0. The molecule has 0 bridgehead atoms. The molecule has 1 aromatic heterocycles. The molecule has 2 N–H and O–H groups in total. The van der Waals surface area contributed by atoms with E-state index in [1.165, 1.54) is 5.56 Å². The number of nitrogens with zero attached hydrogens (tertiary/aromatic N) is 1. The minimum absolute atomic E-state index is 0.0683. The van der Waals surface area contributed by atoms with Crippen molar-refractivity contribution in [3.05, 3.63) is 29.6 Å². The van der Waals surface area contributed by atoms with Crippen LogP contribution in [0.25, 0.3) is 0 Å². The van der Waals surface area contributed by atoms with E-state index in [-0.39, 0.29) is 12.5 Å². The quantitative estimate of drug-likeness (QED) is 0.747. The Hall–Kier alpha value is -0.960. The van der Waals surface area contributed by atoms with Gasteiger partial charge in [0, 0.05) is 24.4 Å². The summed E-state index contributed by atoms with van der Waals surface area (Å²) >= 11 is 0. The van der Waals surface area contributed by atoms with Crippen LogP contribution < -0.4 is 5.73 Å². The first-order valence-electron chi connectivity index (χ1n) is 4.61. The van der Waals surface area contributed by atoms with Crippen LogP contribution in [0.4, 0.5) is 4.39 Å². The molecule has 0 spiro atoms. The Labute approximate surface area is 77.0 Å². The molecule has 1 aromatic rings. The van der Waals surface area contributed by atoms with Gasteiger partial charge in [-0.1, -0.05) is 6.07 Å². The van der Waals surface area contributed by atoms with Crippen molar-refractivity contribution in [3.63, 3.8) is 0 Å². The van der Waals surface area contributed by atoms with Crippen molar-refractivity contribution >= 4 is 0 Å². The van der Waals surface area contributed by atoms with Gasteiger partial charge in [-0.15, -0.1) is 0 Å². The number of aryl methyl sites for hydroxylation is 1. The minimum atomic E-state index is -0.934. The predicted molar refractivity (Wildman–Crippen MR) is 49.2 cm³/mol. The maximum atomic E-state index is 13.4. The number of pyridine rings is 1. The molecule has 1 aliphatic carbocycles. The summed E-state index contributed by atoms with van der Waals surface area (Å²) in [6.07, 6.45) is 2.58. The molecular formula is C10H13FN2. The SMILES string of the molecule is NCC(F)C1CCc2cccnc21. The zero-order valence-electron chi connectivity index (χ0n) is 7.41. The maximum Gasteiger partial charge on any atom is 0.121 e. The Bertz CT molecular complexity index is 301. The molecule has 2 nitrogen and oxygen atoms in total. The van der Waals surface area contributed by atoms with E-state index in [4.69, 9.17) is 5.73 Å². The Morgan fingerprint density at radius 3 is 3.31 bits per heavy atom. The molecule has 1 heterocycles. The molecule has 0 aliphatic heterocycles. The first-order chi connectivity index (χ1) is 6.33. The highest BCUT2D eigenvalue weighted by Crippen LogP contribution is 2.34. The summed E-state index contributed by atoms with van der Waals surface area (Å²) in [4.78, 5) is 4.21. The number of hydrogen-bond donors (Lipinski definition) is 1. The van der Waals surface area contributed by atoms with Crippen molar-refractivity contribution in [3.8, 4) is 0 Å². The zero-order chi connectivity index (χ0) is 9.26. The molecule has 3 heteroatoms. The standard InChI is InChI=1S/C10H13FN2/c11-9(6-12)8-4-3-7-2-1-5-13-10(7)8/h1-2,5,8-9H,3-4,6,12H2. The number of nitrogens with two attached hydrogens (primary N) is 1. The van der Waals surface area contributed by atoms with Crippen LogP contribution in [0.5, 0.6) is 0 Å². The first-order valence-corrected chi connectivity index (χ1v) is 4.61. The number of alkyl halides is 1. The minimum Gasteiger partial charge on any atom is -0.328 e. The average Bonchev–Trinajstić information content (AvgIpc) is 2.60. The van der Waals surface area contributed by atoms with Crippen LogP contribution in [0.15, 0.2) is 18.3 Å². The van der Waals surface area contributed by atoms with Crippen molar-refractivity contribution in [2.24, 2.45) is 5.73 Å². The summed E-state index contributed by atoms with van der Waals surface area (Å²) in [5.74, 6) is -0.0683. The summed E-state index contributed by atoms with van der Waals surface area (Å²) in [6.45, 7) is 0.0979. The van der Waals surface area contributed by atoms with Crippen molar-refractivity contribution in [1.82, 2.24) is 4.98 Å². The third-order valence-electron chi connectivity index (χ3n) is 2.66. The molecule has 1 aliphatic rings. The van der Waals surface area contributed by atoms with Gasteiger partial charge in [0.15, 0.2) is 0 Å². The first kappa shape index (κ1) is 8.63. The lowest BCUT2D eigenvalue weighted by Gasteiger charge is -2.13. The summed E-state index contributed by atoms with van der Waals surface area (Å²) in [7, 11) is 0. The van der Waals surface area contributed by atoms with Crippen LogP contribution in [-0.4, -0.2) is 17.7 Å². The lowest BCUT2D eigenvalue weighted by atomic mass is 10.0. The lowest BCUT2D eigenvalue weighted by Crippen LogP contribution is -2.22. The Kier molecular flexibility index (Phi) is 2.27. The van der Waals surface area contributed by atoms with E-state index in [0.717, 1.165) is 18.5 Å². The zero-order valence-corrected chi connectivity index (χ0v) is 7.41. The number of hydrogen-bond acceptors (Lipinski definition) is 2. The third-order valence-corrected chi connectivity index (χ3v) is 2.66. The Morgan fingerprint density at radius 2 is 2.54 bits per heavy atom. The van der Waals surface area contributed by atoms with Gasteiger partial charge >= 0.3 is 0 Å². The van der Waals surface area contributed by atoms with Crippen LogP contribution in [0.3, 0.4) is 0 Å². The second-order valence-corrected chi connectivity index (χ2v) is 3.44. The number of halogens is 1. The second kappa shape index (κ2) is 3.42. The van der Waals surface area contributed by atoms with Gasteiger partial charge in [-0.3, -0.25) is 4.98 Å². The molecule has 2 rings (SSSR count). The van der Waals surface area contributed by atoms with Crippen LogP contribution in [0.2, 0.25) is 0 Å². The van der Waals surface area contributed by atoms with E-state index in [2.05, 4.69) is 4.98 Å². The molecule has 0 fully saturated rings. The molecule has 0 amide bonds. The molecule has 13 heavy (non-hydrogen) atoms. The highest BCUT2D eigenvalue weighted by molar-refractivity contribution is 5.29. The normalized spacial score (nSPS) is 22.8. The fourth-order valence-electron chi connectivity index (χ4n) is 1.96. The van der Waals surface area contributed by atoms with E-state index < -0.39 is 6.17 Å². The van der Waals surface area contributed by atoms with Crippen LogP contribution >= 0.6 is 0 Å². The smallest absolute Gasteiger partial charge is 0.121 e. The molecule has 0 saturated heterocycles. The average molecular weight is 180 g/mol. The van der Waals surface area contributed by atoms with E-state index in [0.29, 0.717) is 0 Å². The summed E-state index contributed by atoms with van der Waals surface area (Å²) < 4.78 is 13.4. The van der Waals surface area contributed by atoms with Gasteiger partial charge in [0.05, 0.1) is 0 Å². The predicted octanol–water partition coefficient (Wildman–Crippen LogP) is 1.41. The second-order valence-electron chi connectivity index (χ2n) is 3.44. The van der Waals surface area contributed by atoms with Crippen molar-refractivity contribution in [2.75, 3.05) is 6.54 Å². The monoisotopic (exact) mass is 180 g/mol. The number of rotatable bonds is 2. The highest BCUT2D eigenvalue weighted by atomic mass is 19.1. The Balaban J connectivity index is 2.28. The Morgan fingerprint density at radius 1 is 1.69 bits per heavy atom. The van der Waals surface area contributed by atoms with E-state index >= 15 is 0 Å². The van der Waals surface area contributed by atoms with Gasteiger partial charge < -0.3 is 5.73 Å². The third kappa shape index (κ3) is 1.44. The number of fused-ring (bicyclic) bond motifs is 1. The largest absolute Gasteiger partial charge is 0.328 e. The molecule has 0 saturated carbocycles. The van der Waals surface area contributed by atoms with Crippen LogP contribution in [-0.2, 0) is 6.42 Å². The van der Waals surface area contributed by atoms with Gasteiger partial charge in [0.25, 0.3) is 0 Å². The highest BCUT2D eigenvalue weighted by Gasteiger charge is 2.29. The maximum absolute atomic E-state index is 13.4. The molecule has 0 radical (unpaired) electrons. The molecule has 2 atom stereocenters. The van der Waals surface area contributed by atoms with Crippen LogP contribution in [0, 0.1) is 0 Å². The van der Waals surface area contributed by atoms with E-state index in [9.17, 15) is 4.39 Å². The van der Waals surface area contributed by atoms with E-state index in [1.54, 1.807) is 6.20 Å². The van der Waals surface area contributed by atoms with Crippen molar-refractivity contribution in [2.45, 2.75) is 24.9 Å². The van der Waals surface area contributed by atoms with Gasteiger partial charge in [-0.25, -0.2) is 4.39 Å². The molecule has 0 aromatic carbocycles. The summed E-state index contributed by atoms with van der Waals surface area (Å²) in [6, 6.07) is 3.92. The molecular weight excluding hydrogens is 167 g/mol. The van der Waals surface area contributed by atoms with E-state index in [1.807, 2.05) is 12.1 Å². The summed E-state index contributed by atoms with van der Waals surface area (Å²) in [5.41, 5.74) is 7.41. The lowest BCUT2D eigenvalue weighted by molar-refractivity contribution is 0.284. The fraction of sp³-hybridized carbons (Fsp3) is 0.500. The van der Waals surface area contributed by atoms with Gasteiger partial charge in [0.1, 0.15) is 6.17 Å². The van der Waals surface area contributed by atoms with Crippen LogP contribution in [0.1, 0.15) is 23.6 Å². The fourth-order valence-corrected chi connectivity index (χ4v) is 1.96. The molecule has 2 unspecified atom stereocenters. The van der Waals surface area contributed by atoms with Gasteiger partial charge in [-0.05, 0) is 24.5 Å².